The van der Waals surface area contributed by atoms with Crippen molar-refractivity contribution in [3.05, 3.63) is 24.3 Å². The van der Waals surface area contributed by atoms with Crippen molar-refractivity contribution in [2.45, 2.75) is 32.7 Å². The van der Waals surface area contributed by atoms with Crippen LogP contribution >= 0.6 is 0 Å². The van der Waals surface area contributed by atoms with Crippen LogP contribution in [0.4, 0.5) is 5.69 Å². The van der Waals surface area contributed by atoms with Crippen LogP contribution in [0.2, 0.25) is 0 Å². The van der Waals surface area contributed by atoms with E-state index in [1.807, 2.05) is 20.8 Å². The van der Waals surface area contributed by atoms with Crippen LogP contribution in [0.15, 0.2) is 24.3 Å². The minimum absolute atomic E-state index is 0.0671. The Morgan fingerprint density at radius 2 is 2.00 bits per heavy atom. The maximum absolute atomic E-state index is 11.5. The standard InChI is InChI=1S/C15H22N2O4/c1-15(2,3)17-13(18)10-21-14(19)7-8-20-12-6-4-5-11(16)9-12/h4-6,9H,7-8,10,16H2,1-3H3,(H,17,18). The van der Waals surface area contributed by atoms with Gasteiger partial charge in [0, 0.05) is 17.3 Å². The summed E-state index contributed by atoms with van der Waals surface area (Å²) in [6, 6.07) is 6.93. The molecule has 21 heavy (non-hydrogen) atoms. The van der Waals surface area contributed by atoms with E-state index >= 15 is 0 Å². The number of benzene rings is 1. The summed E-state index contributed by atoms with van der Waals surface area (Å²) in [6.07, 6.45) is 0.0671. The number of esters is 1. The van der Waals surface area contributed by atoms with Crippen LogP contribution in [0.3, 0.4) is 0 Å². The number of carbonyl (C=O) groups excluding carboxylic acids is 2. The third-order valence-electron chi connectivity index (χ3n) is 2.31. The van der Waals surface area contributed by atoms with Gasteiger partial charge >= 0.3 is 5.97 Å². The second kappa shape index (κ2) is 7.52. The molecule has 0 fully saturated rings. The summed E-state index contributed by atoms with van der Waals surface area (Å²) in [6.45, 7) is 5.45. The monoisotopic (exact) mass is 294 g/mol. The van der Waals surface area contributed by atoms with Gasteiger partial charge in [0.2, 0.25) is 0 Å². The summed E-state index contributed by atoms with van der Waals surface area (Å²) >= 11 is 0. The fourth-order valence-corrected chi connectivity index (χ4v) is 1.53. The molecule has 0 aliphatic rings. The van der Waals surface area contributed by atoms with Crippen LogP contribution in [0.1, 0.15) is 27.2 Å². The Balaban J connectivity index is 2.21. The number of hydrogen-bond acceptors (Lipinski definition) is 5. The van der Waals surface area contributed by atoms with Crippen molar-refractivity contribution >= 4 is 17.6 Å². The van der Waals surface area contributed by atoms with Crippen LogP contribution in [0.5, 0.6) is 5.75 Å². The first-order valence-corrected chi connectivity index (χ1v) is 6.71. The van der Waals surface area contributed by atoms with Crippen molar-refractivity contribution in [2.24, 2.45) is 0 Å². The maximum Gasteiger partial charge on any atom is 0.309 e. The second-order valence-electron chi connectivity index (χ2n) is 5.63. The van der Waals surface area contributed by atoms with Crippen molar-refractivity contribution in [2.75, 3.05) is 18.9 Å². The lowest BCUT2D eigenvalue weighted by Gasteiger charge is -2.20. The summed E-state index contributed by atoms with van der Waals surface area (Å²) in [7, 11) is 0. The topological polar surface area (TPSA) is 90.6 Å². The predicted octanol–water partition coefficient (Wildman–Crippen LogP) is 1.50. The highest BCUT2D eigenvalue weighted by atomic mass is 16.5. The third-order valence-corrected chi connectivity index (χ3v) is 2.31. The van der Waals surface area contributed by atoms with E-state index in [4.69, 9.17) is 15.2 Å². The zero-order valence-corrected chi connectivity index (χ0v) is 12.6. The number of amides is 1. The highest BCUT2D eigenvalue weighted by Crippen LogP contribution is 2.14. The third kappa shape index (κ3) is 7.81. The van der Waals surface area contributed by atoms with E-state index in [1.54, 1.807) is 24.3 Å². The molecule has 0 spiro atoms. The Hall–Kier alpha value is -2.24. The quantitative estimate of drug-likeness (QED) is 0.613. The Labute approximate surface area is 124 Å². The summed E-state index contributed by atoms with van der Waals surface area (Å²) in [5.41, 5.74) is 5.85. The largest absolute Gasteiger partial charge is 0.493 e. The highest BCUT2D eigenvalue weighted by molar-refractivity contribution is 5.81. The molecule has 1 rings (SSSR count). The first-order chi connectivity index (χ1) is 9.76. The second-order valence-corrected chi connectivity index (χ2v) is 5.63. The number of anilines is 1. The number of rotatable bonds is 6. The zero-order valence-electron chi connectivity index (χ0n) is 12.6. The molecule has 0 saturated carbocycles. The summed E-state index contributed by atoms with van der Waals surface area (Å²) in [5.74, 6) is -0.219. The van der Waals surface area contributed by atoms with E-state index in [9.17, 15) is 9.59 Å². The van der Waals surface area contributed by atoms with Crippen molar-refractivity contribution in [3.63, 3.8) is 0 Å². The van der Waals surface area contributed by atoms with Gasteiger partial charge in [0.15, 0.2) is 6.61 Å². The fourth-order valence-electron chi connectivity index (χ4n) is 1.53. The predicted molar refractivity (Wildman–Crippen MR) is 79.8 cm³/mol. The van der Waals surface area contributed by atoms with E-state index in [0.717, 1.165) is 0 Å². The van der Waals surface area contributed by atoms with Gasteiger partial charge in [-0.15, -0.1) is 0 Å². The molecule has 0 aliphatic heterocycles. The summed E-state index contributed by atoms with van der Waals surface area (Å²) in [5, 5.41) is 2.70. The van der Waals surface area contributed by atoms with Gasteiger partial charge in [-0.25, -0.2) is 0 Å². The maximum atomic E-state index is 11.5. The van der Waals surface area contributed by atoms with E-state index in [-0.39, 0.29) is 31.1 Å². The van der Waals surface area contributed by atoms with Crippen LogP contribution < -0.4 is 15.8 Å². The number of nitrogens with one attached hydrogen (secondary N) is 1. The Kier molecular flexibility index (Phi) is 6.02. The van der Waals surface area contributed by atoms with Crippen LogP contribution in [-0.4, -0.2) is 30.6 Å². The molecule has 0 saturated heterocycles. The molecular weight excluding hydrogens is 272 g/mol. The first kappa shape index (κ1) is 16.8. The Morgan fingerprint density at radius 3 is 2.62 bits per heavy atom. The fraction of sp³-hybridized carbons (Fsp3) is 0.467. The lowest BCUT2D eigenvalue weighted by Crippen LogP contribution is -2.42. The lowest BCUT2D eigenvalue weighted by molar-refractivity contribution is -0.149. The minimum Gasteiger partial charge on any atom is -0.493 e. The van der Waals surface area contributed by atoms with Crippen molar-refractivity contribution in [3.8, 4) is 5.75 Å². The Morgan fingerprint density at radius 1 is 1.29 bits per heavy atom. The molecule has 1 amide bonds. The number of nitrogen functional groups attached to an aromatic ring is 1. The Bertz CT molecular complexity index is 495. The molecule has 0 aromatic heterocycles. The molecule has 0 heterocycles. The summed E-state index contributed by atoms with van der Waals surface area (Å²) < 4.78 is 10.2. The van der Waals surface area contributed by atoms with Crippen LogP contribution in [0.25, 0.3) is 0 Å². The first-order valence-electron chi connectivity index (χ1n) is 6.71. The smallest absolute Gasteiger partial charge is 0.309 e. The van der Waals surface area contributed by atoms with Gasteiger partial charge in [-0.3, -0.25) is 9.59 Å². The van der Waals surface area contributed by atoms with E-state index in [2.05, 4.69) is 5.32 Å². The van der Waals surface area contributed by atoms with Crippen LogP contribution in [-0.2, 0) is 14.3 Å². The van der Waals surface area contributed by atoms with Crippen LogP contribution in [0, 0.1) is 0 Å². The van der Waals surface area contributed by atoms with Crippen molar-refractivity contribution < 1.29 is 19.1 Å². The zero-order chi connectivity index (χ0) is 15.9. The molecule has 0 atom stereocenters. The molecule has 0 unspecified atom stereocenters. The SMILES string of the molecule is CC(C)(C)NC(=O)COC(=O)CCOc1cccc(N)c1. The van der Waals surface area contributed by atoms with Crippen molar-refractivity contribution in [1.82, 2.24) is 5.32 Å². The van der Waals surface area contributed by atoms with E-state index in [0.29, 0.717) is 11.4 Å². The van der Waals surface area contributed by atoms with Gasteiger partial charge in [0.25, 0.3) is 5.91 Å². The van der Waals surface area contributed by atoms with Gasteiger partial charge in [0.1, 0.15) is 5.75 Å². The number of carbonyl (C=O) groups is 2. The van der Waals surface area contributed by atoms with Gasteiger partial charge in [-0.2, -0.15) is 0 Å². The molecule has 116 valence electrons. The number of hydrogen-bond donors (Lipinski definition) is 2. The van der Waals surface area contributed by atoms with E-state index < -0.39 is 5.97 Å². The number of ether oxygens (including phenoxy) is 2. The molecule has 1 aromatic rings. The van der Waals surface area contributed by atoms with Gasteiger partial charge in [-0.1, -0.05) is 6.07 Å². The average Bonchev–Trinajstić information content (AvgIpc) is 2.34. The lowest BCUT2D eigenvalue weighted by atomic mass is 10.1. The number of nitrogens with two attached hydrogens (primary N) is 1. The molecule has 6 heteroatoms. The molecule has 1 aromatic carbocycles. The van der Waals surface area contributed by atoms with Gasteiger partial charge in [-0.05, 0) is 32.9 Å². The molecule has 0 aliphatic carbocycles. The molecule has 6 nitrogen and oxygen atoms in total. The average molecular weight is 294 g/mol. The minimum atomic E-state index is -0.483. The molecular formula is C15H22N2O4. The van der Waals surface area contributed by atoms with Gasteiger partial charge in [0.05, 0.1) is 13.0 Å². The molecule has 0 radical (unpaired) electrons. The van der Waals surface area contributed by atoms with E-state index in [1.165, 1.54) is 0 Å². The van der Waals surface area contributed by atoms with Crippen molar-refractivity contribution in [1.29, 1.82) is 0 Å². The molecule has 0 bridgehead atoms. The normalized spacial score (nSPS) is 10.8. The highest BCUT2D eigenvalue weighted by Gasteiger charge is 2.15. The summed E-state index contributed by atoms with van der Waals surface area (Å²) in [4.78, 5) is 22.9. The molecule has 3 N–H and O–H groups in total. The van der Waals surface area contributed by atoms with Gasteiger partial charge < -0.3 is 20.5 Å².